The average molecular weight is 409 g/mol. The van der Waals surface area contributed by atoms with Crippen molar-refractivity contribution in [3.63, 3.8) is 0 Å². The summed E-state index contributed by atoms with van der Waals surface area (Å²) < 4.78 is 5.14. The van der Waals surface area contributed by atoms with Crippen LogP contribution in [0, 0.1) is 6.92 Å². The van der Waals surface area contributed by atoms with Gasteiger partial charge in [0.2, 0.25) is 5.91 Å². The molecule has 0 aliphatic carbocycles. The number of amides is 2. The number of para-hydroxylation sites is 1. The SMILES string of the molecule is COc1ccc(C(=O)N(CC(=O)Nc2ccc(C)c(Cl)c2)c2ccccc2)cc1. The predicted molar refractivity (Wildman–Crippen MR) is 116 cm³/mol. The molecule has 29 heavy (non-hydrogen) atoms. The van der Waals surface area contributed by atoms with E-state index in [1.807, 2.05) is 31.2 Å². The quantitative estimate of drug-likeness (QED) is 0.628. The molecule has 0 fully saturated rings. The largest absolute Gasteiger partial charge is 0.497 e. The first-order chi connectivity index (χ1) is 14.0. The van der Waals surface area contributed by atoms with Gasteiger partial charge in [0.1, 0.15) is 12.3 Å². The highest BCUT2D eigenvalue weighted by atomic mass is 35.5. The van der Waals surface area contributed by atoms with Crippen molar-refractivity contribution in [1.82, 2.24) is 0 Å². The van der Waals surface area contributed by atoms with Gasteiger partial charge in [0.05, 0.1) is 7.11 Å². The number of nitrogens with zero attached hydrogens (tertiary/aromatic N) is 1. The Hall–Kier alpha value is -3.31. The highest BCUT2D eigenvalue weighted by molar-refractivity contribution is 6.31. The Bertz CT molecular complexity index is 1000. The summed E-state index contributed by atoms with van der Waals surface area (Å²) in [6.45, 7) is 1.75. The number of hydrogen-bond donors (Lipinski definition) is 1. The molecule has 0 saturated heterocycles. The zero-order chi connectivity index (χ0) is 20.8. The van der Waals surface area contributed by atoms with Crippen LogP contribution in [0.25, 0.3) is 0 Å². The second-order valence-corrected chi connectivity index (χ2v) is 6.87. The van der Waals surface area contributed by atoms with Crippen LogP contribution in [0.4, 0.5) is 11.4 Å². The van der Waals surface area contributed by atoms with Crippen molar-refractivity contribution in [3.8, 4) is 5.75 Å². The van der Waals surface area contributed by atoms with Crippen LogP contribution in [0.15, 0.2) is 72.8 Å². The lowest BCUT2D eigenvalue weighted by Gasteiger charge is -2.22. The van der Waals surface area contributed by atoms with Crippen molar-refractivity contribution in [1.29, 1.82) is 0 Å². The van der Waals surface area contributed by atoms with Gasteiger partial charge in [0, 0.05) is 22.0 Å². The van der Waals surface area contributed by atoms with E-state index in [4.69, 9.17) is 16.3 Å². The summed E-state index contributed by atoms with van der Waals surface area (Å²) in [5, 5.41) is 3.36. The van der Waals surface area contributed by atoms with E-state index in [1.54, 1.807) is 55.6 Å². The smallest absolute Gasteiger partial charge is 0.258 e. The number of hydrogen-bond acceptors (Lipinski definition) is 3. The van der Waals surface area contributed by atoms with Gasteiger partial charge in [-0.1, -0.05) is 35.9 Å². The molecule has 0 radical (unpaired) electrons. The molecule has 6 heteroatoms. The van der Waals surface area contributed by atoms with Gasteiger partial charge in [-0.2, -0.15) is 0 Å². The van der Waals surface area contributed by atoms with E-state index in [2.05, 4.69) is 5.32 Å². The topological polar surface area (TPSA) is 58.6 Å². The Morgan fingerprint density at radius 1 is 1.00 bits per heavy atom. The number of methoxy groups -OCH3 is 1. The van der Waals surface area contributed by atoms with Crippen molar-refractivity contribution < 1.29 is 14.3 Å². The molecule has 0 atom stereocenters. The minimum Gasteiger partial charge on any atom is -0.497 e. The van der Waals surface area contributed by atoms with E-state index in [9.17, 15) is 9.59 Å². The number of ether oxygens (including phenoxy) is 1. The summed E-state index contributed by atoms with van der Waals surface area (Å²) in [5.74, 6) is 0.0494. The summed E-state index contributed by atoms with van der Waals surface area (Å²) in [6, 6.07) is 21.1. The maximum Gasteiger partial charge on any atom is 0.258 e. The molecule has 5 nitrogen and oxygen atoms in total. The third kappa shape index (κ3) is 5.15. The minimum absolute atomic E-state index is 0.139. The molecule has 0 aromatic heterocycles. The summed E-state index contributed by atoms with van der Waals surface area (Å²) in [6.07, 6.45) is 0. The second kappa shape index (κ2) is 9.26. The Morgan fingerprint density at radius 2 is 1.69 bits per heavy atom. The fourth-order valence-corrected chi connectivity index (χ4v) is 2.97. The molecule has 0 aliphatic rings. The summed E-state index contributed by atoms with van der Waals surface area (Å²) in [5.41, 5.74) is 2.59. The lowest BCUT2D eigenvalue weighted by atomic mass is 10.1. The molecule has 2 amide bonds. The van der Waals surface area contributed by atoms with Crippen LogP contribution in [-0.4, -0.2) is 25.5 Å². The first kappa shape index (κ1) is 20.4. The van der Waals surface area contributed by atoms with E-state index >= 15 is 0 Å². The van der Waals surface area contributed by atoms with Gasteiger partial charge in [-0.25, -0.2) is 0 Å². The highest BCUT2D eigenvalue weighted by Gasteiger charge is 2.21. The molecule has 3 rings (SSSR count). The van der Waals surface area contributed by atoms with Crippen LogP contribution in [0.5, 0.6) is 5.75 Å². The number of aryl methyl sites for hydroxylation is 1. The average Bonchev–Trinajstić information content (AvgIpc) is 2.75. The predicted octanol–water partition coefficient (Wildman–Crippen LogP) is 4.94. The molecule has 148 valence electrons. The van der Waals surface area contributed by atoms with Gasteiger partial charge >= 0.3 is 0 Å². The van der Waals surface area contributed by atoms with Gasteiger partial charge in [0.15, 0.2) is 0 Å². The molecule has 3 aromatic carbocycles. The van der Waals surface area contributed by atoms with Crippen LogP contribution >= 0.6 is 11.6 Å². The van der Waals surface area contributed by atoms with E-state index in [0.29, 0.717) is 27.7 Å². The molecule has 0 heterocycles. The molecule has 0 saturated carbocycles. The van der Waals surface area contributed by atoms with Gasteiger partial charge in [-0.15, -0.1) is 0 Å². The van der Waals surface area contributed by atoms with Gasteiger partial charge in [0.25, 0.3) is 5.91 Å². The molecule has 0 spiro atoms. The third-order valence-corrected chi connectivity index (χ3v) is 4.81. The number of carbonyl (C=O) groups is 2. The molecule has 0 bridgehead atoms. The van der Waals surface area contributed by atoms with Crippen LogP contribution in [0.3, 0.4) is 0 Å². The number of anilines is 2. The van der Waals surface area contributed by atoms with Crippen molar-refractivity contribution >= 4 is 34.8 Å². The Balaban J connectivity index is 1.82. The Labute approximate surface area is 174 Å². The fraction of sp³-hybridized carbons (Fsp3) is 0.130. The van der Waals surface area contributed by atoms with E-state index < -0.39 is 0 Å². The fourth-order valence-electron chi connectivity index (χ4n) is 2.79. The third-order valence-electron chi connectivity index (χ3n) is 4.41. The van der Waals surface area contributed by atoms with Crippen LogP contribution < -0.4 is 15.0 Å². The number of carbonyl (C=O) groups excluding carboxylic acids is 2. The van der Waals surface area contributed by atoms with Crippen molar-refractivity contribution in [3.05, 3.63) is 88.9 Å². The van der Waals surface area contributed by atoms with Gasteiger partial charge in [-0.3, -0.25) is 14.5 Å². The van der Waals surface area contributed by atoms with Gasteiger partial charge in [-0.05, 0) is 61.0 Å². The molecule has 3 aromatic rings. The maximum atomic E-state index is 13.1. The number of benzene rings is 3. The van der Waals surface area contributed by atoms with E-state index in [1.165, 1.54) is 4.90 Å². The van der Waals surface area contributed by atoms with Crippen LogP contribution in [0.1, 0.15) is 15.9 Å². The standard InChI is InChI=1S/C23H21ClN2O3/c1-16-8-11-18(14-21(16)24)25-22(27)15-26(19-6-4-3-5-7-19)23(28)17-9-12-20(29-2)13-10-17/h3-14H,15H2,1-2H3,(H,25,27). The van der Waals surface area contributed by atoms with E-state index in [-0.39, 0.29) is 18.4 Å². The first-order valence-corrected chi connectivity index (χ1v) is 9.42. The number of nitrogens with one attached hydrogen (secondary N) is 1. The maximum absolute atomic E-state index is 13.1. The van der Waals surface area contributed by atoms with Crippen LogP contribution in [0.2, 0.25) is 5.02 Å². The zero-order valence-corrected chi connectivity index (χ0v) is 16.9. The molecule has 0 unspecified atom stereocenters. The minimum atomic E-state index is -0.323. The summed E-state index contributed by atoms with van der Waals surface area (Å²) in [7, 11) is 1.56. The van der Waals surface area contributed by atoms with Crippen molar-refractivity contribution in [2.45, 2.75) is 6.92 Å². The zero-order valence-electron chi connectivity index (χ0n) is 16.2. The number of halogens is 1. The molecular formula is C23H21ClN2O3. The summed E-state index contributed by atoms with van der Waals surface area (Å²) in [4.78, 5) is 27.2. The normalized spacial score (nSPS) is 10.3. The first-order valence-electron chi connectivity index (χ1n) is 9.05. The van der Waals surface area contributed by atoms with Gasteiger partial charge < -0.3 is 10.1 Å². The lowest BCUT2D eigenvalue weighted by Crippen LogP contribution is -2.38. The monoisotopic (exact) mass is 408 g/mol. The Kier molecular flexibility index (Phi) is 6.52. The summed E-state index contributed by atoms with van der Waals surface area (Å²) >= 11 is 6.13. The Morgan fingerprint density at radius 3 is 2.31 bits per heavy atom. The molecule has 0 aliphatic heterocycles. The second-order valence-electron chi connectivity index (χ2n) is 6.47. The lowest BCUT2D eigenvalue weighted by molar-refractivity contribution is -0.114. The van der Waals surface area contributed by atoms with Crippen LogP contribution in [-0.2, 0) is 4.79 Å². The van der Waals surface area contributed by atoms with Crippen molar-refractivity contribution in [2.24, 2.45) is 0 Å². The van der Waals surface area contributed by atoms with Crippen molar-refractivity contribution in [2.75, 3.05) is 23.9 Å². The highest BCUT2D eigenvalue weighted by Crippen LogP contribution is 2.21. The molecular weight excluding hydrogens is 388 g/mol. The molecule has 1 N–H and O–H groups in total. The van der Waals surface area contributed by atoms with E-state index in [0.717, 1.165) is 5.56 Å². The number of rotatable bonds is 6.